The minimum atomic E-state index is 0.441. The van der Waals surface area contributed by atoms with Gasteiger partial charge >= 0.3 is 0 Å². The van der Waals surface area contributed by atoms with E-state index in [-0.39, 0.29) is 0 Å². The van der Waals surface area contributed by atoms with Crippen molar-refractivity contribution >= 4 is 11.5 Å². The Kier molecular flexibility index (Phi) is 6.66. The van der Waals surface area contributed by atoms with E-state index in [1.807, 2.05) is 0 Å². The zero-order valence-corrected chi connectivity index (χ0v) is 12.3. The zero-order chi connectivity index (χ0) is 12.7. The lowest BCUT2D eigenvalue weighted by Gasteiger charge is -2.25. The molecule has 1 heterocycles. The summed E-state index contributed by atoms with van der Waals surface area (Å²) < 4.78 is 4.15. The Morgan fingerprint density at radius 3 is 2.41 bits per heavy atom. The Bertz CT molecular complexity index is 307. The fourth-order valence-corrected chi connectivity index (χ4v) is 3.18. The van der Waals surface area contributed by atoms with Crippen molar-refractivity contribution in [3.05, 3.63) is 10.6 Å². The third-order valence-electron chi connectivity index (χ3n) is 3.30. The van der Waals surface area contributed by atoms with Crippen molar-refractivity contribution < 1.29 is 0 Å². The molecular formula is C13H25N3S. The first kappa shape index (κ1) is 14.6. The maximum atomic E-state index is 4.29. The van der Waals surface area contributed by atoms with Crippen LogP contribution >= 0.6 is 11.5 Å². The van der Waals surface area contributed by atoms with Crippen molar-refractivity contribution in [1.82, 2.24) is 14.9 Å². The molecule has 0 saturated heterocycles. The Hall–Kier alpha value is -0.480. The summed E-state index contributed by atoms with van der Waals surface area (Å²) in [7, 11) is 0. The van der Waals surface area contributed by atoms with Gasteiger partial charge in [-0.05, 0) is 30.4 Å². The molecule has 0 aliphatic heterocycles. The van der Waals surface area contributed by atoms with Crippen LogP contribution in [-0.2, 0) is 6.42 Å². The van der Waals surface area contributed by atoms with Crippen molar-refractivity contribution in [3.8, 4) is 0 Å². The van der Waals surface area contributed by atoms with Gasteiger partial charge in [0.25, 0.3) is 0 Å². The summed E-state index contributed by atoms with van der Waals surface area (Å²) in [5.74, 6) is 0.688. The van der Waals surface area contributed by atoms with Crippen LogP contribution in [0.5, 0.6) is 0 Å². The predicted octanol–water partition coefficient (Wildman–Crippen LogP) is 3.58. The smallest absolute Gasteiger partial charge is 0.0803 e. The monoisotopic (exact) mass is 255 g/mol. The fourth-order valence-electron chi connectivity index (χ4n) is 2.32. The number of nitrogens with one attached hydrogen (secondary N) is 1. The second-order valence-corrected chi connectivity index (χ2v) is 5.23. The number of rotatable bonds is 8. The minimum Gasteiger partial charge on any atom is -0.309 e. The molecule has 1 N–H and O–H groups in total. The average Bonchev–Trinajstić information content (AvgIpc) is 2.78. The van der Waals surface area contributed by atoms with Crippen LogP contribution in [0.15, 0.2) is 0 Å². The molecule has 1 atom stereocenters. The van der Waals surface area contributed by atoms with Gasteiger partial charge in [-0.2, -0.15) is 0 Å². The van der Waals surface area contributed by atoms with Crippen LogP contribution in [-0.4, -0.2) is 16.1 Å². The number of nitrogens with zero attached hydrogens (tertiary/aromatic N) is 2. The molecule has 1 aromatic rings. The van der Waals surface area contributed by atoms with E-state index in [0.29, 0.717) is 12.0 Å². The van der Waals surface area contributed by atoms with E-state index < -0.39 is 0 Å². The SMILES string of the molecule is CCCc1nnsc1C(NCC)C(CC)CC. The Morgan fingerprint density at radius 2 is 1.88 bits per heavy atom. The molecule has 0 fully saturated rings. The summed E-state index contributed by atoms with van der Waals surface area (Å²) in [6.45, 7) is 9.91. The Balaban J connectivity index is 2.91. The normalized spacial score (nSPS) is 13.2. The van der Waals surface area contributed by atoms with Gasteiger partial charge in [0.05, 0.1) is 10.6 Å². The summed E-state index contributed by atoms with van der Waals surface area (Å²) >= 11 is 1.57. The maximum absolute atomic E-state index is 4.29. The number of aromatic nitrogens is 2. The van der Waals surface area contributed by atoms with Gasteiger partial charge in [0.1, 0.15) is 0 Å². The highest BCUT2D eigenvalue weighted by Crippen LogP contribution is 2.31. The molecule has 17 heavy (non-hydrogen) atoms. The molecule has 0 bridgehead atoms. The van der Waals surface area contributed by atoms with Crippen LogP contribution in [0, 0.1) is 5.92 Å². The molecule has 0 amide bonds. The second-order valence-electron chi connectivity index (χ2n) is 4.45. The Morgan fingerprint density at radius 1 is 1.18 bits per heavy atom. The molecule has 0 spiro atoms. The molecule has 0 radical (unpaired) electrons. The topological polar surface area (TPSA) is 37.8 Å². The van der Waals surface area contributed by atoms with Gasteiger partial charge in [-0.1, -0.05) is 51.4 Å². The van der Waals surface area contributed by atoms with Crippen molar-refractivity contribution in [2.75, 3.05) is 6.54 Å². The summed E-state index contributed by atoms with van der Waals surface area (Å²) in [5.41, 5.74) is 1.20. The highest BCUT2D eigenvalue weighted by molar-refractivity contribution is 7.05. The van der Waals surface area contributed by atoms with Gasteiger partial charge in [-0.3, -0.25) is 0 Å². The van der Waals surface area contributed by atoms with Crippen LogP contribution in [0.2, 0.25) is 0 Å². The van der Waals surface area contributed by atoms with Crippen LogP contribution in [0.25, 0.3) is 0 Å². The summed E-state index contributed by atoms with van der Waals surface area (Å²) in [6.07, 6.45) is 4.60. The number of aryl methyl sites for hydroxylation is 1. The van der Waals surface area contributed by atoms with Crippen LogP contribution in [0.1, 0.15) is 63.6 Å². The third-order valence-corrected chi connectivity index (χ3v) is 4.15. The number of hydrogen-bond donors (Lipinski definition) is 1. The standard InChI is InChI=1S/C13H25N3S/c1-5-9-11-13(17-16-15-11)12(14-8-4)10(6-2)7-3/h10,12,14H,5-9H2,1-4H3. The average molecular weight is 255 g/mol. The number of hydrogen-bond acceptors (Lipinski definition) is 4. The molecule has 98 valence electrons. The second kappa shape index (κ2) is 7.77. The van der Waals surface area contributed by atoms with Crippen molar-refractivity contribution in [1.29, 1.82) is 0 Å². The summed E-state index contributed by atoms with van der Waals surface area (Å²) in [4.78, 5) is 1.36. The van der Waals surface area contributed by atoms with E-state index in [2.05, 4.69) is 42.6 Å². The van der Waals surface area contributed by atoms with Crippen molar-refractivity contribution in [3.63, 3.8) is 0 Å². The van der Waals surface area contributed by atoms with E-state index in [1.54, 1.807) is 11.5 Å². The molecule has 1 unspecified atom stereocenters. The van der Waals surface area contributed by atoms with Crippen LogP contribution in [0.3, 0.4) is 0 Å². The molecule has 1 rings (SSSR count). The fraction of sp³-hybridized carbons (Fsp3) is 0.846. The van der Waals surface area contributed by atoms with Crippen molar-refractivity contribution in [2.24, 2.45) is 5.92 Å². The van der Waals surface area contributed by atoms with Gasteiger partial charge in [-0.15, -0.1) is 5.10 Å². The first-order valence-corrected chi connectivity index (χ1v) is 7.60. The lowest BCUT2D eigenvalue weighted by Crippen LogP contribution is -2.27. The lowest BCUT2D eigenvalue weighted by molar-refractivity contribution is 0.349. The minimum absolute atomic E-state index is 0.441. The molecule has 0 saturated carbocycles. The molecule has 1 aromatic heterocycles. The quantitative estimate of drug-likeness (QED) is 0.771. The van der Waals surface area contributed by atoms with E-state index in [0.717, 1.165) is 19.4 Å². The summed E-state index contributed by atoms with van der Waals surface area (Å²) in [6, 6.07) is 0.441. The maximum Gasteiger partial charge on any atom is 0.0803 e. The van der Waals surface area contributed by atoms with Gasteiger partial charge in [0.15, 0.2) is 0 Å². The van der Waals surface area contributed by atoms with Gasteiger partial charge in [0, 0.05) is 6.04 Å². The van der Waals surface area contributed by atoms with Crippen molar-refractivity contribution in [2.45, 2.75) is 59.4 Å². The predicted molar refractivity (Wildman–Crippen MR) is 74.4 cm³/mol. The van der Waals surface area contributed by atoms with Gasteiger partial charge in [-0.25, -0.2) is 0 Å². The van der Waals surface area contributed by atoms with Crippen LogP contribution in [0.4, 0.5) is 0 Å². The molecule has 0 aromatic carbocycles. The highest BCUT2D eigenvalue weighted by Gasteiger charge is 2.24. The Labute approximate surface area is 109 Å². The molecule has 3 nitrogen and oxygen atoms in total. The molecule has 4 heteroatoms. The summed E-state index contributed by atoms with van der Waals surface area (Å²) in [5, 5.41) is 7.90. The van der Waals surface area contributed by atoms with E-state index in [9.17, 15) is 0 Å². The first-order chi connectivity index (χ1) is 8.28. The van der Waals surface area contributed by atoms with E-state index in [1.165, 1.54) is 23.4 Å². The molecule has 0 aliphatic rings. The van der Waals surface area contributed by atoms with Gasteiger partial charge in [0.2, 0.25) is 0 Å². The highest BCUT2D eigenvalue weighted by atomic mass is 32.1. The molecule has 0 aliphatic carbocycles. The van der Waals surface area contributed by atoms with E-state index >= 15 is 0 Å². The largest absolute Gasteiger partial charge is 0.309 e. The molecular weight excluding hydrogens is 230 g/mol. The first-order valence-electron chi connectivity index (χ1n) is 6.82. The lowest BCUT2D eigenvalue weighted by atomic mass is 9.91. The van der Waals surface area contributed by atoms with E-state index in [4.69, 9.17) is 0 Å². The van der Waals surface area contributed by atoms with Gasteiger partial charge < -0.3 is 5.32 Å². The third kappa shape index (κ3) is 3.75. The zero-order valence-electron chi connectivity index (χ0n) is 11.5. The van der Waals surface area contributed by atoms with Crippen LogP contribution < -0.4 is 5.32 Å².